The molecule has 4 rings (SSSR count). The monoisotopic (exact) mass is 434 g/mol. The number of fused-ring (bicyclic) bond motifs is 2. The first-order valence-corrected chi connectivity index (χ1v) is 10.3. The maximum atomic E-state index is 12.3. The molecule has 1 atom stereocenters. The second kappa shape index (κ2) is 6.95. The second-order valence-corrected chi connectivity index (χ2v) is 9.03. The standard InChI is InChI=1S/C25H26N2O5/c1-14(2)23(28)31-19-13-18(27(29)30)12-17-10-11-25(32-22(17)19)24(5,6)20-15(3)8-9-16(4)21(20)26(25)7/h8-13H,1H2,2-7H3. The van der Waals surface area contributed by atoms with E-state index in [9.17, 15) is 14.9 Å². The van der Waals surface area contributed by atoms with Crippen molar-refractivity contribution < 1.29 is 19.2 Å². The van der Waals surface area contributed by atoms with Crippen LogP contribution in [-0.2, 0) is 10.2 Å². The normalized spacial score (nSPS) is 19.9. The van der Waals surface area contributed by atoms with E-state index in [0.29, 0.717) is 5.56 Å². The van der Waals surface area contributed by atoms with Crippen LogP contribution in [0, 0.1) is 24.0 Å². The summed E-state index contributed by atoms with van der Waals surface area (Å²) in [6.45, 7) is 13.5. The maximum Gasteiger partial charge on any atom is 0.338 e. The van der Waals surface area contributed by atoms with Gasteiger partial charge >= 0.3 is 5.97 Å². The average molecular weight is 434 g/mol. The molecule has 0 aromatic heterocycles. The van der Waals surface area contributed by atoms with Gasteiger partial charge in [-0.2, -0.15) is 0 Å². The summed E-state index contributed by atoms with van der Waals surface area (Å²) in [5.74, 6) is -0.385. The van der Waals surface area contributed by atoms with Gasteiger partial charge in [0.1, 0.15) is 0 Å². The second-order valence-electron chi connectivity index (χ2n) is 9.03. The molecule has 0 bridgehead atoms. The number of nitro benzene ring substituents is 1. The summed E-state index contributed by atoms with van der Waals surface area (Å²) in [5.41, 5.74) is 3.62. The molecule has 2 aromatic rings. The van der Waals surface area contributed by atoms with Crippen LogP contribution >= 0.6 is 0 Å². The Kier molecular flexibility index (Phi) is 4.69. The van der Waals surface area contributed by atoms with E-state index in [-0.39, 0.29) is 22.8 Å². The number of hydrogen-bond acceptors (Lipinski definition) is 6. The molecule has 7 nitrogen and oxygen atoms in total. The van der Waals surface area contributed by atoms with Crippen molar-refractivity contribution in [2.24, 2.45) is 0 Å². The molecule has 2 aliphatic heterocycles. The Morgan fingerprint density at radius 1 is 1.22 bits per heavy atom. The number of likely N-dealkylation sites (N-methyl/N-ethyl adjacent to an activating group) is 1. The van der Waals surface area contributed by atoms with Gasteiger partial charge in [-0.1, -0.05) is 18.7 Å². The molecule has 0 aliphatic carbocycles. The Hall–Kier alpha value is -3.61. The molecule has 2 aromatic carbocycles. The summed E-state index contributed by atoms with van der Waals surface area (Å²) in [6, 6.07) is 6.83. The van der Waals surface area contributed by atoms with Crippen LogP contribution in [0.3, 0.4) is 0 Å². The molecule has 32 heavy (non-hydrogen) atoms. The first-order valence-electron chi connectivity index (χ1n) is 10.3. The number of carbonyl (C=O) groups excluding carboxylic acids is 1. The third-order valence-electron chi connectivity index (χ3n) is 6.52. The van der Waals surface area contributed by atoms with E-state index in [2.05, 4.69) is 51.3 Å². The largest absolute Gasteiger partial charge is 0.459 e. The van der Waals surface area contributed by atoms with Gasteiger partial charge in [0.2, 0.25) is 5.72 Å². The lowest BCUT2D eigenvalue weighted by molar-refractivity contribution is -0.385. The van der Waals surface area contributed by atoms with Crippen molar-refractivity contribution in [2.45, 2.75) is 45.8 Å². The van der Waals surface area contributed by atoms with E-state index in [0.717, 1.165) is 16.8 Å². The highest BCUT2D eigenvalue weighted by molar-refractivity contribution is 5.90. The van der Waals surface area contributed by atoms with Gasteiger partial charge < -0.3 is 14.4 Å². The highest BCUT2D eigenvalue weighted by Crippen LogP contribution is 2.57. The number of rotatable bonds is 3. The Morgan fingerprint density at radius 3 is 2.47 bits per heavy atom. The SMILES string of the molecule is C=C(C)C(=O)Oc1cc([N+](=O)[O-])cc2c1OC1(C=C2)N(C)c2c(C)ccc(C)c2C1(C)C. The molecule has 0 amide bonds. The highest BCUT2D eigenvalue weighted by Gasteiger charge is 2.59. The molecular weight excluding hydrogens is 408 g/mol. The summed E-state index contributed by atoms with van der Waals surface area (Å²) in [5, 5.41) is 11.5. The van der Waals surface area contributed by atoms with Crippen molar-refractivity contribution in [1.29, 1.82) is 0 Å². The van der Waals surface area contributed by atoms with Crippen molar-refractivity contribution in [3.63, 3.8) is 0 Å². The van der Waals surface area contributed by atoms with Crippen molar-refractivity contribution >= 4 is 23.4 Å². The number of carbonyl (C=O) groups is 1. The first-order chi connectivity index (χ1) is 14.9. The smallest absolute Gasteiger partial charge is 0.338 e. The number of benzene rings is 2. The van der Waals surface area contributed by atoms with Gasteiger partial charge in [-0.15, -0.1) is 0 Å². The molecule has 0 fully saturated rings. The highest BCUT2D eigenvalue weighted by atomic mass is 16.6. The van der Waals surface area contributed by atoms with E-state index in [1.165, 1.54) is 24.6 Å². The zero-order valence-electron chi connectivity index (χ0n) is 19.1. The molecular formula is C25H26N2O5. The lowest BCUT2D eigenvalue weighted by atomic mass is 9.74. The molecule has 166 valence electrons. The summed E-state index contributed by atoms with van der Waals surface area (Å²) >= 11 is 0. The fourth-order valence-electron chi connectivity index (χ4n) is 4.90. The summed E-state index contributed by atoms with van der Waals surface area (Å²) in [6.07, 6.45) is 3.74. The quantitative estimate of drug-likeness (QED) is 0.216. The van der Waals surface area contributed by atoms with E-state index in [1.807, 2.05) is 13.1 Å². The molecule has 2 heterocycles. The van der Waals surface area contributed by atoms with Crippen LogP contribution in [-0.4, -0.2) is 23.7 Å². The van der Waals surface area contributed by atoms with Gasteiger partial charge in [0.15, 0.2) is 11.5 Å². The van der Waals surface area contributed by atoms with E-state index >= 15 is 0 Å². The minimum absolute atomic E-state index is 0.000440. The number of anilines is 1. The molecule has 1 unspecified atom stereocenters. The molecule has 2 aliphatic rings. The summed E-state index contributed by atoms with van der Waals surface area (Å²) < 4.78 is 12.1. The van der Waals surface area contributed by atoms with Gasteiger partial charge in [-0.05, 0) is 63.5 Å². The number of nitrogens with zero attached hydrogens (tertiary/aromatic N) is 2. The van der Waals surface area contributed by atoms with Crippen LogP contribution in [0.25, 0.3) is 6.08 Å². The predicted molar refractivity (Wildman–Crippen MR) is 123 cm³/mol. The minimum Gasteiger partial charge on any atom is -0.459 e. The third-order valence-corrected chi connectivity index (χ3v) is 6.52. The Morgan fingerprint density at radius 2 is 1.88 bits per heavy atom. The van der Waals surface area contributed by atoms with Crippen LogP contribution in [0.5, 0.6) is 11.5 Å². The molecule has 0 saturated carbocycles. The van der Waals surface area contributed by atoms with Crippen molar-refractivity contribution in [2.75, 3.05) is 11.9 Å². The minimum atomic E-state index is -0.917. The zero-order chi connectivity index (χ0) is 23.6. The maximum absolute atomic E-state index is 12.3. The molecule has 7 heteroatoms. The molecule has 0 saturated heterocycles. The number of ether oxygens (including phenoxy) is 2. The summed E-state index contributed by atoms with van der Waals surface area (Å²) in [4.78, 5) is 25.3. The topological polar surface area (TPSA) is 81.9 Å². The van der Waals surface area contributed by atoms with Crippen LogP contribution in [0.1, 0.15) is 43.0 Å². The van der Waals surface area contributed by atoms with Gasteiger partial charge in [0, 0.05) is 29.9 Å². The number of aryl methyl sites for hydroxylation is 2. The van der Waals surface area contributed by atoms with Gasteiger partial charge in [-0.25, -0.2) is 4.79 Å². The Bertz CT molecular complexity index is 1230. The van der Waals surface area contributed by atoms with E-state index in [4.69, 9.17) is 9.47 Å². The van der Waals surface area contributed by atoms with Crippen molar-refractivity contribution in [1.82, 2.24) is 0 Å². The van der Waals surface area contributed by atoms with Crippen LogP contribution in [0.15, 0.2) is 42.5 Å². The average Bonchev–Trinajstić information content (AvgIpc) is 2.89. The predicted octanol–water partition coefficient (Wildman–Crippen LogP) is 5.22. The van der Waals surface area contributed by atoms with Crippen LogP contribution in [0.4, 0.5) is 11.4 Å². The Balaban J connectivity index is 1.91. The van der Waals surface area contributed by atoms with E-state index in [1.54, 1.807) is 6.08 Å². The molecule has 0 radical (unpaired) electrons. The number of hydrogen-bond donors (Lipinski definition) is 0. The number of nitro groups is 1. The fourth-order valence-corrected chi connectivity index (χ4v) is 4.90. The fraction of sp³-hybridized carbons (Fsp3) is 0.320. The molecule has 0 N–H and O–H groups in total. The van der Waals surface area contributed by atoms with Crippen molar-refractivity contribution in [3.05, 3.63) is 74.9 Å². The number of esters is 1. The van der Waals surface area contributed by atoms with Crippen LogP contribution in [0.2, 0.25) is 0 Å². The third kappa shape index (κ3) is 2.84. The van der Waals surface area contributed by atoms with Crippen LogP contribution < -0.4 is 14.4 Å². The first kappa shape index (κ1) is 21.6. The zero-order valence-corrected chi connectivity index (χ0v) is 19.1. The number of non-ortho nitro benzene ring substituents is 1. The van der Waals surface area contributed by atoms with Gasteiger partial charge in [0.05, 0.1) is 16.4 Å². The summed E-state index contributed by atoms with van der Waals surface area (Å²) in [7, 11) is 1.97. The lowest BCUT2D eigenvalue weighted by Gasteiger charge is -2.46. The van der Waals surface area contributed by atoms with Crippen molar-refractivity contribution in [3.8, 4) is 11.5 Å². The van der Waals surface area contributed by atoms with Gasteiger partial charge in [0.25, 0.3) is 5.69 Å². The lowest BCUT2D eigenvalue weighted by Crippen LogP contribution is -2.58. The van der Waals surface area contributed by atoms with Gasteiger partial charge in [-0.3, -0.25) is 10.1 Å². The molecule has 1 spiro atoms. The van der Waals surface area contributed by atoms with E-state index < -0.39 is 22.0 Å². The Labute approximate surface area is 187 Å².